The van der Waals surface area contributed by atoms with E-state index in [9.17, 15) is 0 Å². The number of nitriles is 1. The largest absolute Gasteiger partial charge is 0.355 e. The molecule has 0 saturated carbocycles. The second kappa shape index (κ2) is 6.06. The summed E-state index contributed by atoms with van der Waals surface area (Å²) < 4.78 is 0. The van der Waals surface area contributed by atoms with E-state index in [4.69, 9.17) is 5.26 Å². The number of para-hydroxylation sites is 1. The standard InChI is InChI=1S/C17H18N2/c1-3-6-14-7-4-5-8-17(14)19-16-10-9-15(12-18)13(2)11-16/h4-5,7-11,19H,3,6H2,1-2H3. The Hall–Kier alpha value is -2.27. The molecule has 0 atom stereocenters. The van der Waals surface area contributed by atoms with Gasteiger partial charge in [-0.25, -0.2) is 0 Å². The number of nitrogens with zero attached hydrogens (tertiary/aromatic N) is 1. The summed E-state index contributed by atoms with van der Waals surface area (Å²) in [5.41, 5.74) is 5.23. The van der Waals surface area contributed by atoms with Crippen LogP contribution in [0.1, 0.15) is 30.0 Å². The molecule has 2 aromatic carbocycles. The average molecular weight is 250 g/mol. The Kier molecular flexibility index (Phi) is 4.20. The zero-order valence-corrected chi connectivity index (χ0v) is 11.4. The lowest BCUT2D eigenvalue weighted by molar-refractivity contribution is 0.923. The quantitative estimate of drug-likeness (QED) is 0.863. The lowest BCUT2D eigenvalue weighted by Gasteiger charge is -2.12. The van der Waals surface area contributed by atoms with Gasteiger partial charge in [0.15, 0.2) is 0 Å². The number of aryl methyl sites for hydroxylation is 2. The van der Waals surface area contributed by atoms with E-state index in [1.807, 2.05) is 31.2 Å². The molecule has 0 radical (unpaired) electrons. The minimum absolute atomic E-state index is 0.729. The lowest BCUT2D eigenvalue weighted by atomic mass is 10.1. The van der Waals surface area contributed by atoms with Crippen LogP contribution >= 0.6 is 0 Å². The predicted octanol–water partition coefficient (Wildman–Crippen LogP) is 4.56. The fraction of sp³-hybridized carbons (Fsp3) is 0.235. The molecule has 2 aromatic rings. The van der Waals surface area contributed by atoms with Gasteiger partial charge in [-0.15, -0.1) is 0 Å². The van der Waals surface area contributed by atoms with Crippen molar-refractivity contribution >= 4 is 11.4 Å². The SMILES string of the molecule is CCCc1ccccc1Nc1ccc(C#N)c(C)c1. The van der Waals surface area contributed by atoms with E-state index >= 15 is 0 Å². The minimum Gasteiger partial charge on any atom is -0.355 e. The second-order valence-electron chi connectivity index (χ2n) is 4.67. The van der Waals surface area contributed by atoms with E-state index in [0.717, 1.165) is 35.3 Å². The Balaban J connectivity index is 2.26. The first kappa shape index (κ1) is 13.2. The lowest BCUT2D eigenvalue weighted by Crippen LogP contribution is -1.96. The smallest absolute Gasteiger partial charge is 0.0994 e. The van der Waals surface area contributed by atoms with Gasteiger partial charge in [-0.05, 0) is 48.7 Å². The summed E-state index contributed by atoms with van der Waals surface area (Å²) in [6.45, 7) is 4.14. The van der Waals surface area contributed by atoms with Gasteiger partial charge < -0.3 is 5.32 Å². The first-order valence-electron chi connectivity index (χ1n) is 6.60. The zero-order valence-electron chi connectivity index (χ0n) is 11.4. The maximum atomic E-state index is 8.94. The summed E-state index contributed by atoms with van der Waals surface area (Å²) in [6, 6.07) is 16.4. The predicted molar refractivity (Wildman–Crippen MR) is 79.6 cm³/mol. The highest BCUT2D eigenvalue weighted by molar-refractivity contribution is 5.64. The van der Waals surface area contributed by atoms with Crippen LogP contribution in [0.3, 0.4) is 0 Å². The van der Waals surface area contributed by atoms with Gasteiger partial charge >= 0.3 is 0 Å². The van der Waals surface area contributed by atoms with Gasteiger partial charge in [-0.3, -0.25) is 0 Å². The first-order valence-corrected chi connectivity index (χ1v) is 6.60. The van der Waals surface area contributed by atoms with Crippen molar-refractivity contribution in [2.24, 2.45) is 0 Å². The summed E-state index contributed by atoms with van der Waals surface area (Å²) in [5.74, 6) is 0. The van der Waals surface area contributed by atoms with Crippen molar-refractivity contribution in [1.82, 2.24) is 0 Å². The van der Waals surface area contributed by atoms with Crippen LogP contribution in [0.5, 0.6) is 0 Å². The number of nitrogens with one attached hydrogen (secondary N) is 1. The highest BCUT2D eigenvalue weighted by atomic mass is 14.9. The van der Waals surface area contributed by atoms with Crippen molar-refractivity contribution in [1.29, 1.82) is 5.26 Å². The summed E-state index contributed by atoms with van der Waals surface area (Å²) in [5, 5.41) is 12.4. The molecule has 0 spiro atoms. The minimum atomic E-state index is 0.729. The number of anilines is 2. The monoisotopic (exact) mass is 250 g/mol. The summed E-state index contributed by atoms with van der Waals surface area (Å²) in [4.78, 5) is 0. The van der Waals surface area contributed by atoms with Crippen LogP contribution in [0.4, 0.5) is 11.4 Å². The van der Waals surface area contributed by atoms with Crippen LogP contribution in [0.25, 0.3) is 0 Å². The molecule has 2 nitrogen and oxygen atoms in total. The number of rotatable bonds is 4. The third-order valence-corrected chi connectivity index (χ3v) is 3.16. The van der Waals surface area contributed by atoms with Crippen molar-refractivity contribution in [2.45, 2.75) is 26.7 Å². The van der Waals surface area contributed by atoms with Crippen LogP contribution in [0, 0.1) is 18.3 Å². The second-order valence-corrected chi connectivity index (χ2v) is 4.67. The van der Waals surface area contributed by atoms with Crippen molar-refractivity contribution in [2.75, 3.05) is 5.32 Å². The molecule has 19 heavy (non-hydrogen) atoms. The molecule has 0 bridgehead atoms. The highest BCUT2D eigenvalue weighted by Gasteiger charge is 2.03. The van der Waals surface area contributed by atoms with Gasteiger partial charge in [-0.1, -0.05) is 31.5 Å². The normalized spacial score (nSPS) is 9.95. The molecule has 0 unspecified atom stereocenters. The molecular formula is C17H18N2. The highest BCUT2D eigenvalue weighted by Crippen LogP contribution is 2.23. The molecule has 96 valence electrons. The Morgan fingerprint density at radius 3 is 2.63 bits per heavy atom. The van der Waals surface area contributed by atoms with Crippen LogP contribution in [-0.4, -0.2) is 0 Å². The van der Waals surface area contributed by atoms with Gasteiger partial charge in [0.25, 0.3) is 0 Å². The van der Waals surface area contributed by atoms with E-state index in [2.05, 4.69) is 36.5 Å². The molecule has 0 fully saturated rings. The molecule has 0 heterocycles. The number of hydrogen-bond donors (Lipinski definition) is 1. The topological polar surface area (TPSA) is 35.8 Å². The number of hydrogen-bond acceptors (Lipinski definition) is 2. The summed E-state index contributed by atoms with van der Waals surface area (Å²) in [7, 11) is 0. The molecule has 2 rings (SSSR count). The molecule has 0 aliphatic carbocycles. The Labute approximate surface area is 114 Å². The number of benzene rings is 2. The van der Waals surface area contributed by atoms with Crippen molar-refractivity contribution < 1.29 is 0 Å². The average Bonchev–Trinajstić information content (AvgIpc) is 2.41. The molecule has 0 amide bonds. The van der Waals surface area contributed by atoms with E-state index in [1.165, 1.54) is 5.56 Å². The summed E-state index contributed by atoms with van der Waals surface area (Å²) >= 11 is 0. The zero-order chi connectivity index (χ0) is 13.7. The Bertz CT molecular complexity index is 609. The van der Waals surface area contributed by atoms with E-state index < -0.39 is 0 Å². The molecule has 0 aromatic heterocycles. The molecule has 0 aliphatic rings. The van der Waals surface area contributed by atoms with Crippen molar-refractivity contribution in [3.63, 3.8) is 0 Å². The molecule has 0 saturated heterocycles. The van der Waals surface area contributed by atoms with E-state index in [-0.39, 0.29) is 0 Å². The maximum absolute atomic E-state index is 8.94. The van der Waals surface area contributed by atoms with Crippen molar-refractivity contribution in [3.8, 4) is 6.07 Å². The Morgan fingerprint density at radius 2 is 1.95 bits per heavy atom. The maximum Gasteiger partial charge on any atom is 0.0994 e. The van der Waals surface area contributed by atoms with Gasteiger partial charge in [0, 0.05) is 11.4 Å². The van der Waals surface area contributed by atoms with E-state index in [1.54, 1.807) is 0 Å². The Morgan fingerprint density at radius 1 is 1.16 bits per heavy atom. The summed E-state index contributed by atoms with van der Waals surface area (Å²) in [6.07, 6.45) is 2.20. The van der Waals surface area contributed by atoms with Gasteiger partial charge in [0.05, 0.1) is 11.6 Å². The third kappa shape index (κ3) is 3.14. The first-order chi connectivity index (χ1) is 9.24. The van der Waals surface area contributed by atoms with Crippen LogP contribution in [0.2, 0.25) is 0 Å². The molecule has 0 aliphatic heterocycles. The van der Waals surface area contributed by atoms with Gasteiger partial charge in [0.1, 0.15) is 0 Å². The fourth-order valence-electron chi connectivity index (χ4n) is 2.15. The van der Waals surface area contributed by atoms with Crippen LogP contribution < -0.4 is 5.32 Å². The van der Waals surface area contributed by atoms with Gasteiger partial charge in [0.2, 0.25) is 0 Å². The third-order valence-electron chi connectivity index (χ3n) is 3.16. The molecular weight excluding hydrogens is 232 g/mol. The van der Waals surface area contributed by atoms with Gasteiger partial charge in [-0.2, -0.15) is 5.26 Å². The molecule has 1 N–H and O–H groups in total. The van der Waals surface area contributed by atoms with Crippen LogP contribution in [-0.2, 0) is 6.42 Å². The van der Waals surface area contributed by atoms with Crippen LogP contribution in [0.15, 0.2) is 42.5 Å². The fourth-order valence-corrected chi connectivity index (χ4v) is 2.15. The molecule has 2 heteroatoms. The van der Waals surface area contributed by atoms with E-state index in [0.29, 0.717) is 0 Å². The van der Waals surface area contributed by atoms with Crippen molar-refractivity contribution in [3.05, 3.63) is 59.2 Å².